The van der Waals surface area contributed by atoms with E-state index in [2.05, 4.69) is 0 Å². The van der Waals surface area contributed by atoms with Crippen LogP contribution < -0.4 is 0 Å². The molecule has 1 aromatic carbocycles. The van der Waals surface area contributed by atoms with Crippen LogP contribution in [0, 0.1) is 0 Å². The predicted octanol–water partition coefficient (Wildman–Crippen LogP) is 1.00. The maximum Gasteiger partial charge on any atom is 0.180 e. The van der Waals surface area contributed by atoms with Gasteiger partial charge in [0.1, 0.15) is 11.5 Å². The number of aromatic hydroxyl groups is 2. The summed E-state index contributed by atoms with van der Waals surface area (Å²) >= 11 is 0. The Labute approximate surface area is 106 Å². The Bertz CT molecular complexity index is 447. The first-order valence-corrected chi connectivity index (χ1v) is 5.95. The normalized spacial score (nSPS) is 20.8. The molecule has 1 atom stereocenters. The molecule has 0 radical (unpaired) electrons. The molecule has 1 aliphatic rings. The third-order valence-corrected chi connectivity index (χ3v) is 3.13. The van der Waals surface area contributed by atoms with E-state index in [0.717, 1.165) is 0 Å². The van der Waals surface area contributed by atoms with E-state index < -0.39 is 0 Å². The molecule has 18 heavy (non-hydrogen) atoms. The average molecular weight is 251 g/mol. The average Bonchev–Trinajstić information content (AvgIpc) is 2.32. The fraction of sp³-hybridized carbons (Fsp3) is 0.462. The molecule has 0 spiro atoms. The lowest BCUT2D eigenvalue weighted by Gasteiger charge is -2.32. The van der Waals surface area contributed by atoms with Gasteiger partial charge in [0.05, 0.1) is 25.3 Å². The smallest absolute Gasteiger partial charge is 0.180 e. The Hall–Kier alpha value is -1.59. The van der Waals surface area contributed by atoms with E-state index in [1.165, 1.54) is 18.2 Å². The number of hydrogen-bond acceptors (Lipinski definition) is 5. The highest BCUT2D eigenvalue weighted by Crippen LogP contribution is 2.23. The molecule has 1 fully saturated rings. The van der Waals surface area contributed by atoms with Crippen LogP contribution in [0.5, 0.6) is 11.5 Å². The zero-order valence-corrected chi connectivity index (χ0v) is 10.3. The van der Waals surface area contributed by atoms with Gasteiger partial charge < -0.3 is 14.9 Å². The van der Waals surface area contributed by atoms with Crippen molar-refractivity contribution in [3.05, 3.63) is 23.8 Å². The second-order valence-electron chi connectivity index (χ2n) is 4.52. The Morgan fingerprint density at radius 1 is 1.50 bits per heavy atom. The maximum absolute atomic E-state index is 12.1. The third kappa shape index (κ3) is 2.80. The molecule has 1 aliphatic heterocycles. The van der Waals surface area contributed by atoms with Crippen LogP contribution in [0.25, 0.3) is 0 Å². The molecule has 0 amide bonds. The molecule has 5 heteroatoms. The van der Waals surface area contributed by atoms with Crippen molar-refractivity contribution in [2.45, 2.75) is 13.0 Å². The first-order chi connectivity index (χ1) is 8.58. The lowest BCUT2D eigenvalue weighted by atomic mass is 10.1. The minimum Gasteiger partial charge on any atom is -0.508 e. The molecular formula is C13H17NO4. The molecule has 1 saturated heterocycles. The number of morpholine rings is 1. The van der Waals surface area contributed by atoms with Crippen LogP contribution in [0.3, 0.4) is 0 Å². The minimum absolute atomic E-state index is 0.0520. The van der Waals surface area contributed by atoms with Gasteiger partial charge >= 0.3 is 0 Å². The van der Waals surface area contributed by atoms with Gasteiger partial charge in [-0.25, -0.2) is 0 Å². The van der Waals surface area contributed by atoms with E-state index >= 15 is 0 Å². The van der Waals surface area contributed by atoms with Gasteiger partial charge in [0.25, 0.3) is 0 Å². The molecule has 5 nitrogen and oxygen atoms in total. The Balaban J connectivity index is 2.07. The summed E-state index contributed by atoms with van der Waals surface area (Å²) in [6.45, 7) is 4.21. The zero-order chi connectivity index (χ0) is 13.1. The van der Waals surface area contributed by atoms with Gasteiger partial charge in [0.15, 0.2) is 5.78 Å². The van der Waals surface area contributed by atoms with E-state index in [-0.39, 0.29) is 35.4 Å². The van der Waals surface area contributed by atoms with Gasteiger partial charge in [-0.15, -0.1) is 0 Å². The summed E-state index contributed by atoms with van der Waals surface area (Å²) in [5.74, 6) is -0.383. The molecule has 98 valence electrons. The van der Waals surface area contributed by atoms with Gasteiger partial charge in [-0.2, -0.15) is 0 Å². The molecule has 0 bridgehead atoms. The molecule has 1 heterocycles. The van der Waals surface area contributed by atoms with E-state index in [1.54, 1.807) is 0 Å². The van der Waals surface area contributed by atoms with E-state index in [0.29, 0.717) is 19.8 Å². The standard InChI is InChI=1S/C13H17NO4/c1-9-8-18-5-4-14(9)7-13(17)11-3-2-10(15)6-12(11)16/h2-3,6,9,15-16H,4-5,7-8H2,1H3. The molecule has 2 N–H and O–H groups in total. The van der Waals surface area contributed by atoms with Crippen LogP contribution in [0.2, 0.25) is 0 Å². The van der Waals surface area contributed by atoms with Crippen LogP contribution in [-0.4, -0.2) is 53.2 Å². The summed E-state index contributed by atoms with van der Waals surface area (Å²) in [5.41, 5.74) is 0.242. The van der Waals surface area contributed by atoms with E-state index in [4.69, 9.17) is 4.74 Å². The van der Waals surface area contributed by atoms with Gasteiger partial charge in [-0.3, -0.25) is 9.69 Å². The van der Waals surface area contributed by atoms with Gasteiger partial charge in [-0.05, 0) is 19.1 Å². The second-order valence-corrected chi connectivity index (χ2v) is 4.52. The number of nitrogens with zero attached hydrogens (tertiary/aromatic N) is 1. The van der Waals surface area contributed by atoms with Crippen molar-refractivity contribution in [1.82, 2.24) is 4.90 Å². The predicted molar refractivity (Wildman–Crippen MR) is 66.0 cm³/mol. The first-order valence-electron chi connectivity index (χ1n) is 5.95. The summed E-state index contributed by atoms with van der Waals surface area (Å²) in [6.07, 6.45) is 0. The van der Waals surface area contributed by atoms with Crippen LogP contribution in [0.15, 0.2) is 18.2 Å². The van der Waals surface area contributed by atoms with Crippen molar-refractivity contribution in [1.29, 1.82) is 0 Å². The zero-order valence-electron chi connectivity index (χ0n) is 10.3. The molecule has 1 aromatic rings. The van der Waals surface area contributed by atoms with Crippen LogP contribution in [0.4, 0.5) is 0 Å². The number of carbonyl (C=O) groups excluding carboxylic acids is 1. The summed E-state index contributed by atoms with van der Waals surface area (Å²) < 4.78 is 5.30. The van der Waals surface area contributed by atoms with Gasteiger partial charge in [0.2, 0.25) is 0 Å². The Morgan fingerprint density at radius 2 is 2.28 bits per heavy atom. The lowest BCUT2D eigenvalue weighted by Crippen LogP contribution is -2.45. The molecule has 2 rings (SSSR count). The van der Waals surface area contributed by atoms with Crippen molar-refractivity contribution >= 4 is 5.78 Å². The van der Waals surface area contributed by atoms with Crippen molar-refractivity contribution in [3.63, 3.8) is 0 Å². The highest BCUT2D eigenvalue weighted by Gasteiger charge is 2.22. The molecule has 0 aliphatic carbocycles. The fourth-order valence-electron chi connectivity index (χ4n) is 2.02. The Morgan fingerprint density at radius 3 is 2.94 bits per heavy atom. The highest BCUT2D eigenvalue weighted by atomic mass is 16.5. The molecular weight excluding hydrogens is 234 g/mol. The maximum atomic E-state index is 12.1. The van der Waals surface area contributed by atoms with Crippen molar-refractivity contribution in [3.8, 4) is 11.5 Å². The number of ketones is 1. The second kappa shape index (κ2) is 5.37. The highest BCUT2D eigenvalue weighted by molar-refractivity contribution is 6.00. The summed E-state index contributed by atoms with van der Waals surface area (Å²) in [5, 5.41) is 18.8. The minimum atomic E-state index is -0.180. The Kier molecular flexibility index (Phi) is 3.84. The van der Waals surface area contributed by atoms with Crippen LogP contribution >= 0.6 is 0 Å². The number of phenols is 2. The molecule has 1 unspecified atom stereocenters. The monoisotopic (exact) mass is 251 g/mol. The van der Waals surface area contributed by atoms with Gasteiger partial charge in [-0.1, -0.05) is 0 Å². The van der Waals surface area contributed by atoms with Crippen molar-refractivity contribution in [2.24, 2.45) is 0 Å². The van der Waals surface area contributed by atoms with E-state index in [9.17, 15) is 15.0 Å². The first kappa shape index (κ1) is 12.9. The summed E-state index contributed by atoms with van der Waals surface area (Å²) in [7, 11) is 0. The quantitative estimate of drug-likeness (QED) is 0.784. The van der Waals surface area contributed by atoms with E-state index in [1.807, 2.05) is 11.8 Å². The summed E-state index contributed by atoms with van der Waals surface area (Å²) in [6, 6.07) is 4.21. The topological polar surface area (TPSA) is 70.0 Å². The fourth-order valence-corrected chi connectivity index (χ4v) is 2.02. The number of hydrogen-bond donors (Lipinski definition) is 2. The third-order valence-electron chi connectivity index (χ3n) is 3.13. The van der Waals surface area contributed by atoms with Gasteiger partial charge in [0, 0.05) is 18.7 Å². The number of phenolic OH excluding ortho intramolecular Hbond substituents is 2. The number of benzene rings is 1. The van der Waals surface area contributed by atoms with Crippen LogP contribution in [0.1, 0.15) is 17.3 Å². The summed E-state index contributed by atoms with van der Waals surface area (Å²) in [4.78, 5) is 14.1. The SMILES string of the molecule is CC1COCCN1CC(=O)c1ccc(O)cc1O. The molecule has 0 saturated carbocycles. The largest absolute Gasteiger partial charge is 0.508 e. The van der Waals surface area contributed by atoms with Crippen LogP contribution in [-0.2, 0) is 4.74 Å². The number of Topliss-reactive ketones (excluding diaryl/α,β-unsaturated/α-hetero) is 1. The number of rotatable bonds is 3. The lowest BCUT2D eigenvalue weighted by molar-refractivity contribution is 0.00198. The van der Waals surface area contributed by atoms with Crippen molar-refractivity contribution < 1.29 is 19.7 Å². The number of carbonyl (C=O) groups is 1. The molecule has 0 aromatic heterocycles. The number of ether oxygens (including phenoxy) is 1. The van der Waals surface area contributed by atoms with Crippen molar-refractivity contribution in [2.75, 3.05) is 26.3 Å².